The van der Waals surface area contributed by atoms with E-state index in [1.807, 2.05) is 6.20 Å². The Balaban J connectivity index is 0.00000161. The Labute approximate surface area is 148 Å². The maximum absolute atomic E-state index is 4.65. The van der Waals surface area contributed by atoms with Crippen molar-refractivity contribution in [1.82, 2.24) is 15.6 Å². The number of nitrogens with zero attached hydrogens (tertiary/aromatic N) is 2. The molecule has 3 rings (SSSR count). The summed E-state index contributed by atoms with van der Waals surface area (Å²) in [5.74, 6) is 1.92. The standard InChI is InChI=1S/C15H24N4S.HI/c1-3-16-14(18-9-13-17-8-11(2)20-13)19-10-15(6-7-15)12-4-5-12;/h8,12H,3-7,9-10H2,1-2H3,(H2,16,18,19);1H. The second-order valence-electron chi connectivity index (χ2n) is 6.05. The Morgan fingerprint density at radius 3 is 2.71 bits per heavy atom. The predicted molar refractivity (Wildman–Crippen MR) is 99.5 cm³/mol. The van der Waals surface area contributed by atoms with E-state index in [-0.39, 0.29) is 24.0 Å². The second-order valence-corrected chi connectivity index (χ2v) is 7.37. The molecule has 1 heterocycles. The fourth-order valence-electron chi connectivity index (χ4n) is 2.81. The molecule has 0 bridgehead atoms. The van der Waals surface area contributed by atoms with E-state index >= 15 is 0 Å². The van der Waals surface area contributed by atoms with Crippen LogP contribution in [0.15, 0.2) is 11.2 Å². The highest BCUT2D eigenvalue weighted by Gasteiger charge is 2.53. The van der Waals surface area contributed by atoms with Crippen LogP contribution in [0.4, 0.5) is 0 Å². The molecule has 118 valence electrons. The third-order valence-electron chi connectivity index (χ3n) is 4.33. The normalized spacial score (nSPS) is 19.8. The molecule has 0 aromatic carbocycles. The van der Waals surface area contributed by atoms with Crippen molar-refractivity contribution in [3.8, 4) is 0 Å². The molecule has 2 aliphatic rings. The number of guanidine groups is 1. The first-order valence-corrected chi connectivity index (χ1v) is 8.47. The van der Waals surface area contributed by atoms with E-state index in [9.17, 15) is 0 Å². The minimum atomic E-state index is 0. The number of aromatic nitrogens is 1. The topological polar surface area (TPSA) is 49.3 Å². The van der Waals surface area contributed by atoms with Crippen molar-refractivity contribution in [1.29, 1.82) is 0 Å². The average Bonchev–Trinajstić information content (AvgIpc) is 3.32. The fraction of sp³-hybridized carbons (Fsp3) is 0.733. The van der Waals surface area contributed by atoms with Gasteiger partial charge in [-0.15, -0.1) is 35.3 Å². The molecule has 0 spiro atoms. The molecule has 0 saturated heterocycles. The molecular formula is C15H25IN4S. The molecule has 0 amide bonds. The number of hydrogen-bond acceptors (Lipinski definition) is 3. The van der Waals surface area contributed by atoms with Crippen molar-refractivity contribution in [3.63, 3.8) is 0 Å². The molecule has 4 nitrogen and oxygen atoms in total. The van der Waals surface area contributed by atoms with Gasteiger partial charge in [0.2, 0.25) is 0 Å². The number of nitrogens with one attached hydrogen (secondary N) is 2. The van der Waals surface area contributed by atoms with E-state index in [2.05, 4.69) is 34.5 Å². The third kappa shape index (κ3) is 4.55. The maximum atomic E-state index is 4.65. The lowest BCUT2D eigenvalue weighted by atomic mass is 10.0. The van der Waals surface area contributed by atoms with Crippen molar-refractivity contribution in [3.05, 3.63) is 16.1 Å². The number of rotatable bonds is 6. The molecule has 2 fully saturated rings. The van der Waals surface area contributed by atoms with Crippen LogP contribution in [0.5, 0.6) is 0 Å². The first-order chi connectivity index (χ1) is 9.72. The lowest BCUT2D eigenvalue weighted by Crippen LogP contribution is -2.40. The van der Waals surface area contributed by atoms with Gasteiger partial charge in [0.25, 0.3) is 0 Å². The molecule has 2 saturated carbocycles. The minimum absolute atomic E-state index is 0. The number of aliphatic imine (C=N–C) groups is 1. The van der Waals surface area contributed by atoms with Crippen LogP contribution in [-0.4, -0.2) is 24.0 Å². The van der Waals surface area contributed by atoms with Gasteiger partial charge in [-0.25, -0.2) is 9.98 Å². The van der Waals surface area contributed by atoms with Crippen LogP contribution in [0.1, 0.15) is 42.5 Å². The molecule has 6 heteroatoms. The fourth-order valence-corrected chi connectivity index (χ4v) is 3.52. The summed E-state index contributed by atoms with van der Waals surface area (Å²) in [5.41, 5.74) is 0.605. The molecule has 0 aliphatic heterocycles. The molecular weight excluding hydrogens is 395 g/mol. The summed E-state index contributed by atoms with van der Waals surface area (Å²) in [6.45, 7) is 6.85. The zero-order valence-electron chi connectivity index (χ0n) is 12.8. The minimum Gasteiger partial charge on any atom is -0.357 e. The van der Waals surface area contributed by atoms with Crippen molar-refractivity contribution < 1.29 is 0 Å². The van der Waals surface area contributed by atoms with Crippen LogP contribution in [-0.2, 0) is 6.54 Å². The van der Waals surface area contributed by atoms with Gasteiger partial charge < -0.3 is 10.6 Å². The van der Waals surface area contributed by atoms with Gasteiger partial charge in [0.1, 0.15) is 5.01 Å². The molecule has 21 heavy (non-hydrogen) atoms. The zero-order valence-corrected chi connectivity index (χ0v) is 16.0. The summed E-state index contributed by atoms with van der Waals surface area (Å²) in [7, 11) is 0. The first-order valence-electron chi connectivity index (χ1n) is 7.65. The summed E-state index contributed by atoms with van der Waals surface area (Å²) >= 11 is 1.72. The lowest BCUT2D eigenvalue weighted by Gasteiger charge is -2.17. The Hall–Kier alpha value is -0.370. The third-order valence-corrected chi connectivity index (χ3v) is 5.23. The van der Waals surface area contributed by atoms with E-state index in [4.69, 9.17) is 0 Å². The summed E-state index contributed by atoms with van der Waals surface area (Å²) < 4.78 is 0. The van der Waals surface area contributed by atoms with Crippen molar-refractivity contribution >= 4 is 41.3 Å². The smallest absolute Gasteiger partial charge is 0.191 e. The second kappa shape index (κ2) is 7.26. The van der Waals surface area contributed by atoms with Gasteiger partial charge >= 0.3 is 0 Å². The Kier molecular flexibility index (Phi) is 5.88. The van der Waals surface area contributed by atoms with E-state index in [0.717, 1.165) is 30.0 Å². The number of hydrogen-bond donors (Lipinski definition) is 2. The molecule has 0 radical (unpaired) electrons. The van der Waals surface area contributed by atoms with Gasteiger partial charge in [-0.05, 0) is 50.9 Å². The summed E-state index contributed by atoms with van der Waals surface area (Å²) in [4.78, 5) is 10.3. The van der Waals surface area contributed by atoms with Gasteiger partial charge in [0.05, 0.1) is 6.54 Å². The highest BCUT2D eigenvalue weighted by Crippen LogP contribution is 2.60. The molecule has 2 aliphatic carbocycles. The van der Waals surface area contributed by atoms with Crippen LogP contribution in [0.3, 0.4) is 0 Å². The van der Waals surface area contributed by atoms with Crippen LogP contribution in [0.25, 0.3) is 0 Å². The van der Waals surface area contributed by atoms with Gasteiger partial charge in [0, 0.05) is 24.2 Å². The number of thiazole rings is 1. The molecule has 0 atom stereocenters. The van der Waals surface area contributed by atoms with Crippen molar-refractivity contribution in [2.45, 2.75) is 46.1 Å². The lowest BCUT2D eigenvalue weighted by molar-refractivity contribution is 0.431. The molecule has 0 unspecified atom stereocenters. The molecule has 2 N–H and O–H groups in total. The Bertz CT molecular complexity index is 492. The summed E-state index contributed by atoms with van der Waals surface area (Å²) in [6, 6.07) is 0. The van der Waals surface area contributed by atoms with Crippen LogP contribution in [0, 0.1) is 18.3 Å². The van der Waals surface area contributed by atoms with Crippen molar-refractivity contribution in [2.75, 3.05) is 13.1 Å². The van der Waals surface area contributed by atoms with E-state index in [0.29, 0.717) is 12.0 Å². The van der Waals surface area contributed by atoms with Crippen LogP contribution in [0.2, 0.25) is 0 Å². The quantitative estimate of drug-likeness (QED) is 0.422. The zero-order chi connectivity index (χ0) is 14.0. The molecule has 1 aromatic heterocycles. The molecule has 1 aromatic rings. The largest absolute Gasteiger partial charge is 0.357 e. The predicted octanol–water partition coefficient (Wildman–Crippen LogP) is 3.31. The SMILES string of the molecule is CCNC(=NCc1ncc(C)s1)NCC1(C2CC2)CC1.I. The highest BCUT2D eigenvalue weighted by atomic mass is 127. The van der Waals surface area contributed by atoms with Gasteiger partial charge in [0.15, 0.2) is 5.96 Å². The van der Waals surface area contributed by atoms with E-state index in [1.165, 1.54) is 30.6 Å². The maximum Gasteiger partial charge on any atom is 0.191 e. The summed E-state index contributed by atoms with van der Waals surface area (Å²) in [6.07, 6.45) is 7.59. The van der Waals surface area contributed by atoms with Crippen molar-refractivity contribution in [2.24, 2.45) is 16.3 Å². The summed E-state index contributed by atoms with van der Waals surface area (Å²) in [5, 5.41) is 7.96. The van der Waals surface area contributed by atoms with Gasteiger partial charge in [-0.2, -0.15) is 0 Å². The monoisotopic (exact) mass is 420 g/mol. The first kappa shape index (κ1) is 17.0. The van der Waals surface area contributed by atoms with Gasteiger partial charge in [-0.1, -0.05) is 0 Å². The van der Waals surface area contributed by atoms with Crippen LogP contribution < -0.4 is 10.6 Å². The van der Waals surface area contributed by atoms with Gasteiger partial charge in [-0.3, -0.25) is 0 Å². The average molecular weight is 420 g/mol. The van der Waals surface area contributed by atoms with Crippen LogP contribution >= 0.6 is 35.3 Å². The van der Waals surface area contributed by atoms with E-state index < -0.39 is 0 Å². The number of halogens is 1. The highest BCUT2D eigenvalue weighted by molar-refractivity contribution is 14.0. The van der Waals surface area contributed by atoms with E-state index in [1.54, 1.807) is 11.3 Å². The number of aryl methyl sites for hydroxylation is 1. The Morgan fingerprint density at radius 2 is 2.19 bits per heavy atom. The Morgan fingerprint density at radius 1 is 1.43 bits per heavy atom.